The Morgan fingerprint density at radius 2 is 2.05 bits per heavy atom. The van der Waals surface area contributed by atoms with Crippen molar-refractivity contribution in [2.45, 2.75) is 43.7 Å². The van der Waals surface area contributed by atoms with Gasteiger partial charge in [-0.25, -0.2) is 13.6 Å². The molecule has 5 nitrogen and oxygen atoms in total. The lowest BCUT2D eigenvalue weighted by atomic mass is 9.92. The molecule has 0 saturated carbocycles. The van der Waals surface area contributed by atoms with Crippen LogP contribution in [-0.4, -0.2) is 32.3 Å². The van der Waals surface area contributed by atoms with Crippen molar-refractivity contribution < 1.29 is 13.2 Å². The van der Waals surface area contributed by atoms with Crippen LogP contribution >= 0.6 is 11.3 Å². The van der Waals surface area contributed by atoms with Crippen LogP contribution in [0.4, 0.5) is 0 Å². The molecular weight excluding hydrogens is 308 g/mol. The van der Waals surface area contributed by atoms with E-state index in [1.165, 1.54) is 12.8 Å². The smallest absolute Gasteiger partial charge is 0.255 e. The van der Waals surface area contributed by atoms with Gasteiger partial charge in [0.05, 0.1) is 5.56 Å². The van der Waals surface area contributed by atoms with E-state index < -0.39 is 10.0 Å². The first kappa shape index (κ1) is 16.5. The van der Waals surface area contributed by atoms with Crippen molar-refractivity contribution >= 4 is 27.3 Å². The van der Waals surface area contributed by atoms with E-state index in [9.17, 15) is 13.2 Å². The molecule has 0 aliphatic carbocycles. The van der Waals surface area contributed by atoms with Crippen molar-refractivity contribution in [2.24, 2.45) is 11.1 Å². The highest BCUT2D eigenvalue weighted by Gasteiger charge is 2.27. The molecule has 0 unspecified atom stereocenters. The van der Waals surface area contributed by atoms with E-state index in [2.05, 4.69) is 6.92 Å². The fourth-order valence-corrected chi connectivity index (χ4v) is 4.90. The molecule has 1 aromatic heterocycles. The summed E-state index contributed by atoms with van der Waals surface area (Å²) in [5, 5.41) is 6.77. The number of primary sulfonamides is 1. The van der Waals surface area contributed by atoms with Gasteiger partial charge in [-0.1, -0.05) is 19.8 Å². The Balaban J connectivity index is 2.10. The zero-order valence-corrected chi connectivity index (χ0v) is 14.1. The van der Waals surface area contributed by atoms with Gasteiger partial charge in [-0.3, -0.25) is 4.79 Å². The topological polar surface area (TPSA) is 80.5 Å². The Morgan fingerprint density at radius 3 is 2.52 bits per heavy atom. The maximum Gasteiger partial charge on any atom is 0.255 e. The van der Waals surface area contributed by atoms with Gasteiger partial charge in [0.1, 0.15) is 4.21 Å². The van der Waals surface area contributed by atoms with Crippen molar-refractivity contribution in [1.82, 2.24) is 4.90 Å². The summed E-state index contributed by atoms with van der Waals surface area (Å²) < 4.78 is 23.0. The van der Waals surface area contributed by atoms with Crippen LogP contribution in [0.5, 0.6) is 0 Å². The number of carbonyl (C=O) groups excluding carboxylic acids is 1. The number of rotatable bonds is 4. The summed E-state index contributed by atoms with van der Waals surface area (Å²) >= 11 is 1.02. The van der Waals surface area contributed by atoms with Crippen LogP contribution in [0.25, 0.3) is 0 Å². The highest BCUT2D eigenvalue weighted by atomic mass is 32.2. The quantitative estimate of drug-likeness (QED) is 0.920. The first-order chi connectivity index (χ1) is 9.84. The number of nitrogens with two attached hydrogens (primary N) is 1. The maximum atomic E-state index is 12.5. The first-order valence-electron chi connectivity index (χ1n) is 7.24. The number of likely N-dealkylation sites (tertiary alicyclic amines) is 1. The third kappa shape index (κ3) is 3.64. The lowest BCUT2D eigenvalue weighted by Gasteiger charge is -2.32. The van der Waals surface area contributed by atoms with Gasteiger partial charge in [0.2, 0.25) is 10.0 Å². The predicted octanol–water partition coefficient (Wildman–Crippen LogP) is 2.36. The van der Waals surface area contributed by atoms with Gasteiger partial charge in [0.25, 0.3) is 5.91 Å². The molecule has 1 fully saturated rings. The number of nitrogens with zero attached hydrogens (tertiary/aromatic N) is 1. The fourth-order valence-electron chi connectivity index (χ4n) is 2.89. The lowest BCUT2D eigenvalue weighted by Crippen LogP contribution is -2.38. The normalized spacial score (nSPS) is 17.2. The number of carbonyl (C=O) groups is 1. The summed E-state index contributed by atoms with van der Waals surface area (Å²) in [6.45, 7) is 5.33. The van der Waals surface area contributed by atoms with E-state index in [0.717, 1.165) is 37.3 Å². The number of hydrogen-bond donors (Lipinski definition) is 1. The second-order valence-electron chi connectivity index (χ2n) is 5.63. The van der Waals surface area contributed by atoms with Gasteiger partial charge in [-0.2, -0.15) is 0 Å². The van der Waals surface area contributed by atoms with Crippen molar-refractivity contribution in [3.8, 4) is 0 Å². The lowest BCUT2D eigenvalue weighted by molar-refractivity contribution is 0.0686. The van der Waals surface area contributed by atoms with Gasteiger partial charge in [-0.15, -0.1) is 11.3 Å². The molecule has 1 saturated heterocycles. The Morgan fingerprint density at radius 1 is 1.43 bits per heavy atom. The SMILES string of the molecule is CCCC1CCN(C(=O)c2csc(S(N)(=O)=O)c2C)CC1. The van der Waals surface area contributed by atoms with Gasteiger partial charge >= 0.3 is 0 Å². The Bertz CT molecular complexity index is 614. The third-order valence-corrected chi connectivity index (χ3v) is 6.76. The van der Waals surface area contributed by atoms with Crippen molar-refractivity contribution in [3.05, 3.63) is 16.5 Å². The van der Waals surface area contributed by atoms with Crippen LogP contribution in [0.2, 0.25) is 0 Å². The summed E-state index contributed by atoms with van der Waals surface area (Å²) in [4.78, 5) is 14.3. The van der Waals surface area contributed by atoms with Crippen LogP contribution in [0.3, 0.4) is 0 Å². The van der Waals surface area contributed by atoms with E-state index in [1.54, 1.807) is 12.3 Å². The van der Waals surface area contributed by atoms with E-state index in [0.29, 0.717) is 17.0 Å². The molecule has 0 bridgehead atoms. The number of hydrogen-bond acceptors (Lipinski definition) is 4. The number of piperidine rings is 1. The molecule has 0 atom stereocenters. The summed E-state index contributed by atoms with van der Waals surface area (Å²) in [5.74, 6) is 0.635. The molecule has 0 aromatic carbocycles. The van der Waals surface area contributed by atoms with Gasteiger partial charge in [0, 0.05) is 18.5 Å². The minimum absolute atomic E-state index is 0.0754. The van der Waals surface area contributed by atoms with Crippen LogP contribution in [0, 0.1) is 12.8 Å². The largest absolute Gasteiger partial charge is 0.339 e. The average Bonchev–Trinajstić information content (AvgIpc) is 2.81. The van der Waals surface area contributed by atoms with E-state index in [1.807, 2.05) is 4.90 Å². The zero-order chi connectivity index (χ0) is 15.6. The zero-order valence-electron chi connectivity index (χ0n) is 12.5. The molecule has 0 spiro atoms. The highest BCUT2D eigenvalue weighted by Crippen LogP contribution is 2.28. The van der Waals surface area contributed by atoms with E-state index in [4.69, 9.17) is 5.14 Å². The van der Waals surface area contributed by atoms with Crippen LogP contribution in [0.1, 0.15) is 48.5 Å². The van der Waals surface area contributed by atoms with Gasteiger partial charge in [0.15, 0.2) is 0 Å². The molecular formula is C14H22N2O3S2. The molecule has 1 aliphatic rings. The third-order valence-electron chi connectivity index (χ3n) is 4.08. The molecule has 1 amide bonds. The van der Waals surface area contributed by atoms with Crippen molar-refractivity contribution in [1.29, 1.82) is 0 Å². The summed E-state index contributed by atoms with van der Waals surface area (Å²) in [5.41, 5.74) is 0.946. The Kier molecular flexibility index (Phi) is 5.06. The monoisotopic (exact) mass is 330 g/mol. The van der Waals surface area contributed by atoms with E-state index in [-0.39, 0.29) is 10.1 Å². The van der Waals surface area contributed by atoms with Gasteiger partial charge < -0.3 is 4.90 Å². The number of sulfonamides is 1. The molecule has 7 heteroatoms. The van der Waals surface area contributed by atoms with Crippen LogP contribution in [-0.2, 0) is 10.0 Å². The maximum absolute atomic E-state index is 12.5. The summed E-state index contributed by atoms with van der Waals surface area (Å²) in [7, 11) is -3.75. The second kappa shape index (κ2) is 6.46. The Labute approximate surface area is 130 Å². The summed E-state index contributed by atoms with van der Waals surface area (Å²) in [6.07, 6.45) is 4.46. The molecule has 118 valence electrons. The molecule has 1 aliphatic heterocycles. The first-order valence-corrected chi connectivity index (χ1v) is 9.67. The summed E-state index contributed by atoms with van der Waals surface area (Å²) in [6, 6.07) is 0. The highest BCUT2D eigenvalue weighted by molar-refractivity contribution is 7.91. The fraction of sp³-hybridized carbons (Fsp3) is 0.643. The number of amides is 1. The van der Waals surface area contributed by atoms with Crippen molar-refractivity contribution in [2.75, 3.05) is 13.1 Å². The molecule has 21 heavy (non-hydrogen) atoms. The van der Waals surface area contributed by atoms with Crippen LogP contribution in [0.15, 0.2) is 9.59 Å². The molecule has 2 heterocycles. The minimum atomic E-state index is -3.75. The second-order valence-corrected chi connectivity index (χ2v) is 8.27. The molecule has 1 aromatic rings. The predicted molar refractivity (Wildman–Crippen MR) is 84.0 cm³/mol. The van der Waals surface area contributed by atoms with Gasteiger partial charge in [-0.05, 0) is 31.2 Å². The average molecular weight is 330 g/mol. The van der Waals surface area contributed by atoms with Crippen molar-refractivity contribution in [3.63, 3.8) is 0 Å². The van der Waals surface area contributed by atoms with Crippen LogP contribution < -0.4 is 5.14 Å². The van der Waals surface area contributed by atoms with E-state index >= 15 is 0 Å². The number of thiophene rings is 1. The molecule has 0 radical (unpaired) electrons. The molecule has 2 rings (SSSR count). The Hall–Kier alpha value is -0.920. The standard InChI is InChI=1S/C14H22N2O3S2/c1-3-4-11-5-7-16(8-6-11)13(17)12-9-20-14(10(12)2)21(15,18)19/h9,11H,3-8H2,1-2H3,(H2,15,18,19). The molecule has 2 N–H and O–H groups in total. The minimum Gasteiger partial charge on any atom is -0.339 e.